The number of benzene rings is 1. The average Bonchev–Trinajstić information content (AvgIpc) is 2.87. The van der Waals surface area contributed by atoms with E-state index in [1.54, 1.807) is 12.1 Å². The summed E-state index contributed by atoms with van der Waals surface area (Å²) in [6.45, 7) is 0.915. The van der Waals surface area contributed by atoms with Crippen molar-refractivity contribution < 1.29 is 4.92 Å². The summed E-state index contributed by atoms with van der Waals surface area (Å²) >= 11 is 3.14. The first-order chi connectivity index (χ1) is 6.18. The van der Waals surface area contributed by atoms with E-state index in [1.165, 1.54) is 0 Å². The number of hydrogen-bond donors (Lipinski definition) is 1. The highest BCUT2D eigenvalue weighted by Gasteiger charge is 2.24. The highest BCUT2D eigenvalue weighted by atomic mass is 79.9. The number of halogens is 1. The normalized spacial score (nSPS) is 19.9. The van der Waals surface area contributed by atoms with Gasteiger partial charge in [0, 0.05) is 18.7 Å². The third-order valence-corrected chi connectivity index (χ3v) is 2.65. The van der Waals surface area contributed by atoms with Gasteiger partial charge < -0.3 is 5.32 Å². The molecule has 0 spiro atoms. The summed E-state index contributed by atoms with van der Waals surface area (Å²) in [5.41, 5.74) is 1.11. The van der Waals surface area contributed by atoms with Crippen molar-refractivity contribution in [2.45, 2.75) is 6.04 Å². The smallest absolute Gasteiger partial charge is 0.283 e. The predicted octanol–water partition coefficient (Wildman–Crippen LogP) is 2.00. The molecule has 0 aliphatic carbocycles. The fraction of sp³-hybridized carbons (Fsp3) is 0.250. The van der Waals surface area contributed by atoms with E-state index in [-0.39, 0.29) is 10.6 Å². The molecule has 1 fully saturated rings. The Bertz CT molecular complexity index is 363. The summed E-state index contributed by atoms with van der Waals surface area (Å²) in [7, 11) is 0. The summed E-state index contributed by atoms with van der Waals surface area (Å²) in [6.07, 6.45) is 0. The van der Waals surface area contributed by atoms with Crippen LogP contribution >= 0.6 is 15.9 Å². The number of hydrogen-bond acceptors (Lipinski definition) is 3. The molecule has 0 aromatic heterocycles. The summed E-state index contributed by atoms with van der Waals surface area (Å²) < 4.78 is 0.530. The van der Waals surface area contributed by atoms with Crippen LogP contribution in [0.5, 0.6) is 0 Å². The van der Waals surface area contributed by atoms with Gasteiger partial charge in [0.25, 0.3) is 5.69 Å². The van der Waals surface area contributed by atoms with Gasteiger partial charge in [-0.25, -0.2) is 0 Å². The minimum Gasteiger partial charge on any atom is -0.307 e. The molecular weight excluding hydrogens is 236 g/mol. The van der Waals surface area contributed by atoms with E-state index in [9.17, 15) is 10.1 Å². The lowest BCUT2D eigenvalue weighted by molar-refractivity contribution is -0.385. The van der Waals surface area contributed by atoms with Gasteiger partial charge in [0.2, 0.25) is 0 Å². The van der Waals surface area contributed by atoms with Crippen molar-refractivity contribution in [1.29, 1.82) is 0 Å². The molecule has 0 bridgehead atoms. The van der Waals surface area contributed by atoms with Gasteiger partial charge in [-0.15, -0.1) is 0 Å². The van der Waals surface area contributed by atoms with Crippen LogP contribution in [0, 0.1) is 10.1 Å². The molecule has 1 aromatic rings. The molecule has 1 saturated heterocycles. The monoisotopic (exact) mass is 242 g/mol. The van der Waals surface area contributed by atoms with Crippen molar-refractivity contribution in [2.24, 2.45) is 0 Å². The van der Waals surface area contributed by atoms with Gasteiger partial charge in [-0.05, 0) is 27.6 Å². The number of nitrogens with one attached hydrogen (secondary N) is 1. The first-order valence-corrected chi connectivity index (χ1v) is 4.65. The molecule has 0 radical (unpaired) electrons. The van der Waals surface area contributed by atoms with Crippen LogP contribution in [-0.4, -0.2) is 11.5 Å². The summed E-state index contributed by atoms with van der Waals surface area (Å²) in [6, 6.07) is 5.52. The van der Waals surface area contributed by atoms with E-state index >= 15 is 0 Å². The van der Waals surface area contributed by atoms with E-state index < -0.39 is 0 Å². The summed E-state index contributed by atoms with van der Waals surface area (Å²) in [5, 5.41) is 13.7. The highest BCUT2D eigenvalue weighted by Crippen LogP contribution is 2.30. The Morgan fingerprint density at radius 1 is 1.62 bits per heavy atom. The second-order valence-electron chi connectivity index (χ2n) is 2.93. The fourth-order valence-electron chi connectivity index (χ4n) is 1.18. The van der Waals surface area contributed by atoms with E-state index in [0.29, 0.717) is 10.5 Å². The lowest BCUT2D eigenvalue weighted by atomic mass is 10.1. The maximum absolute atomic E-state index is 10.6. The molecule has 1 N–H and O–H groups in total. The molecule has 2 rings (SSSR count). The largest absolute Gasteiger partial charge is 0.307 e. The lowest BCUT2D eigenvalue weighted by Gasteiger charge is -1.98. The first kappa shape index (κ1) is 8.65. The fourth-order valence-corrected chi connectivity index (χ4v) is 1.57. The lowest BCUT2D eigenvalue weighted by Crippen LogP contribution is -1.92. The van der Waals surface area contributed by atoms with Crippen LogP contribution in [0.15, 0.2) is 22.7 Å². The quantitative estimate of drug-likeness (QED) is 0.490. The second-order valence-corrected chi connectivity index (χ2v) is 3.78. The molecule has 1 heterocycles. The molecule has 0 saturated carbocycles. The Morgan fingerprint density at radius 3 is 2.85 bits per heavy atom. The highest BCUT2D eigenvalue weighted by molar-refractivity contribution is 9.10. The zero-order valence-corrected chi connectivity index (χ0v) is 8.24. The molecule has 1 aliphatic heterocycles. The van der Waals surface area contributed by atoms with Crippen molar-refractivity contribution in [3.05, 3.63) is 38.3 Å². The van der Waals surface area contributed by atoms with Gasteiger partial charge in [0.15, 0.2) is 0 Å². The van der Waals surface area contributed by atoms with Gasteiger partial charge in [-0.3, -0.25) is 10.1 Å². The van der Waals surface area contributed by atoms with Crippen LogP contribution in [-0.2, 0) is 0 Å². The minimum atomic E-state index is -0.379. The van der Waals surface area contributed by atoms with Crippen molar-refractivity contribution in [3.63, 3.8) is 0 Å². The number of nitro groups is 1. The molecular formula is C8H7BrN2O2. The van der Waals surface area contributed by atoms with E-state index in [4.69, 9.17) is 0 Å². The molecule has 5 heteroatoms. The summed E-state index contributed by atoms with van der Waals surface area (Å²) in [4.78, 5) is 10.2. The minimum absolute atomic E-state index is 0.131. The SMILES string of the molecule is O=[N+]([O-])c1cc([C@H]2CN2)ccc1Br. The molecule has 68 valence electrons. The maximum atomic E-state index is 10.6. The molecule has 0 unspecified atom stereocenters. The van der Waals surface area contributed by atoms with Crippen molar-refractivity contribution in [3.8, 4) is 0 Å². The van der Waals surface area contributed by atoms with Gasteiger partial charge in [0.1, 0.15) is 0 Å². The Labute approximate surface area is 83.2 Å². The van der Waals surface area contributed by atoms with Gasteiger partial charge in [0.05, 0.1) is 9.40 Å². The predicted molar refractivity (Wildman–Crippen MR) is 51.5 cm³/mol. The Hall–Kier alpha value is -0.940. The van der Waals surface area contributed by atoms with Gasteiger partial charge in [-0.1, -0.05) is 6.07 Å². The van der Waals surface area contributed by atoms with Crippen molar-refractivity contribution in [2.75, 3.05) is 6.54 Å². The van der Waals surface area contributed by atoms with Crippen molar-refractivity contribution >= 4 is 21.6 Å². The molecule has 1 aromatic carbocycles. The first-order valence-electron chi connectivity index (χ1n) is 3.85. The van der Waals surface area contributed by atoms with Crippen LogP contribution in [0.1, 0.15) is 11.6 Å². The molecule has 1 atom stereocenters. The number of nitro benzene ring substituents is 1. The zero-order chi connectivity index (χ0) is 9.42. The second kappa shape index (κ2) is 3.08. The van der Waals surface area contributed by atoms with E-state index in [2.05, 4.69) is 21.2 Å². The Balaban J connectivity index is 2.41. The summed E-state index contributed by atoms with van der Waals surface area (Å²) in [5.74, 6) is 0. The van der Waals surface area contributed by atoms with E-state index in [1.807, 2.05) is 6.07 Å². The Morgan fingerprint density at radius 2 is 2.31 bits per heavy atom. The van der Waals surface area contributed by atoms with Gasteiger partial charge in [-0.2, -0.15) is 0 Å². The molecule has 4 nitrogen and oxygen atoms in total. The number of nitrogens with zero attached hydrogens (tertiary/aromatic N) is 1. The third kappa shape index (κ3) is 1.71. The third-order valence-electron chi connectivity index (χ3n) is 1.98. The van der Waals surface area contributed by atoms with E-state index in [0.717, 1.165) is 12.1 Å². The topological polar surface area (TPSA) is 65.1 Å². The molecule has 13 heavy (non-hydrogen) atoms. The standard InChI is InChI=1S/C8H7BrN2O2/c9-6-2-1-5(7-4-10-7)3-8(6)11(12)13/h1-3,7,10H,4H2/t7-/m1/s1. The van der Waals surface area contributed by atoms with Crippen molar-refractivity contribution in [1.82, 2.24) is 5.32 Å². The van der Waals surface area contributed by atoms with Crippen LogP contribution in [0.3, 0.4) is 0 Å². The number of rotatable bonds is 2. The zero-order valence-electron chi connectivity index (χ0n) is 6.66. The van der Waals surface area contributed by atoms with Crippen LogP contribution in [0.4, 0.5) is 5.69 Å². The Kier molecular flexibility index (Phi) is 2.05. The molecule has 0 amide bonds. The van der Waals surface area contributed by atoms with Crippen LogP contribution in [0.25, 0.3) is 0 Å². The van der Waals surface area contributed by atoms with Crippen LogP contribution in [0.2, 0.25) is 0 Å². The van der Waals surface area contributed by atoms with Gasteiger partial charge >= 0.3 is 0 Å². The average molecular weight is 243 g/mol. The molecule has 1 aliphatic rings. The maximum Gasteiger partial charge on any atom is 0.283 e. The van der Waals surface area contributed by atoms with Crippen LogP contribution < -0.4 is 5.32 Å².